The Morgan fingerprint density at radius 2 is 1.14 bits per heavy atom. The molecule has 2 aromatic carbocycles. The van der Waals surface area contributed by atoms with E-state index in [4.69, 9.17) is 9.47 Å². The van der Waals surface area contributed by atoms with Crippen molar-refractivity contribution in [3.63, 3.8) is 0 Å². The molecule has 2 aliphatic rings. The largest absolute Gasteiger partial charge is 0.460 e. The fourth-order valence-corrected chi connectivity index (χ4v) is 3.10. The molecule has 0 spiro atoms. The SMILES string of the molecule is Cc1ccc2c(c1)N[C@@](C)([C@]1(C)Nc3cc(C)ccc3O1)O2. The molecule has 0 aliphatic carbocycles. The van der Waals surface area contributed by atoms with Gasteiger partial charge in [0.2, 0.25) is 11.4 Å². The Kier molecular flexibility index (Phi) is 2.48. The third-order valence-electron chi connectivity index (χ3n) is 4.56. The average molecular weight is 296 g/mol. The van der Waals surface area contributed by atoms with Gasteiger partial charge < -0.3 is 20.1 Å². The first kappa shape index (κ1) is 13.3. The van der Waals surface area contributed by atoms with E-state index in [-0.39, 0.29) is 0 Å². The zero-order valence-electron chi connectivity index (χ0n) is 13.3. The van der Waals surface area contributed by atoms with Crippen LogP contribution in [0, 0.1) is 13.8 Å². The molecular formula is C18H20N2O2. The highest BCUT2D eigenvalue weighted by atomic mass is 16.6. The summed E-state index contributed by atoms with van der Waals surface area (Å²) in [6.07, 6.45) is 0. The van der Waals surface area contributed by atoms with Gasteiger partial charge in [-0.2, -0.15) is 0 Å². The molecule has 0 radical (unpaired) electrons. The zero-order valence-corrected chi connectivity index (χ0v) is 13.3. The van der Waals surface area contributed by atoms with Crippen molar-refractivity contribution in [1.82, 2.24) is 0 Å². The van der Waals surface area contributed by atoms with E-state index in [1.807, 2.05) is 26.0 Å². The van der Waals surface area contributed by atoms with Crippen LogP contribution >= 0.6 is 0 Å². The van der Waals surface area contributed by atoms with Gasteiger partial charge in [0.1, 0.15) is 11.5 Å². The van der Waals surface area contributed by atoms with E-state index in [0.717, 1.165) is 22.9 Å². The minimum Gasteiger partial charge on any atom is -0.460 e. The van der Waals surface area contributed by atoms with Crippen LogP contribution in [0.25, 0.3) is 0 Å². The van der Waals surface area contributed by atoms with Crippen LogP contribution < -0.4 is 20.1 Å². The van der Waals surface area contributed by atoms with Crippen molar-refractivity contribution >= 4 is 11.4 Å². The van der Waals surface area contributed by atoms with Crippen molar-refractivity contribution in [1.29, 1.82) is 0 Å². The summed E-state index contributed by atoms with van der Waals surface area (Å²) in [7, 11) is 0. The van der Waals surface area contributed by atoms with Crippen molar-refractivity contribution in [2.75, 3.05) is 10.6 Å². The standard InChI is InChI=1S/C18H20N2O2/c1-11-5-7-15-13(9-11)19-17(3,21-15)18(4)20-14-10-12(2)6-8-16(14)22-18/h5-10,19-20H,1-4H3/t17-,18-/m1/s1. The smallest absolute Gasteiger partial charge is 0.236 e. The second-order valence-electron chi connectivity index (χ2n) is 6.52. The lowest BCUT2D eigenvalue weighted by atomic mass is 10.0. The lowest BCUT2D eigenvalue weighted by Gasteiger charge is -2.39. The number of anilines is 2. The Hall–Kier alpha value is -2.36. The molecule has 2 heterocycles. The van der Waals surface area contributed by atoms with E-state index in [2.05, 4.69) is 48.7 Å². The fraction of sp³-hybridized carbons (Fsp3) is 0.333. The highest BCUT2D eigenvalue weighted by Gasteiger charge is 2.56. The maximum atomic E-state index is 6.20. The first-order valence-corrected chi connectivity index (χ1v) is 7.54. The average Bonchev–Trinajstić information content (AvgIpc) is 2.96. The molecule has 22 heavy (non-hydrogen) atoms. The van der Waals surface area contributed by atoms with Gasteiger partial charge in [-0.1, -0.05) is 12.1 Å². The minimum absolute atomic E-state index is 0.698. The molecule has 4 heteroatoms. The molecule has 4 nitrogen and oxygen atoms in total. The van der Waals surface area contributed by atoms with Crippen molar-refractivity contribution in [3.05, 3.63) is 47.5 Å². The quantitative estimate of drug-likeness (QED) is 0.833. The minimum atomic E-state index is -0.698. The molecule has 0 amide bonds. The summed E-state index contributed by atoms with van der Waals surface area (Å²) in [5, 5.41) is 6.95. The van der Waals surface area contributed by atoms with Crippen LogP contribution in [0.3, 0.4) is 0 Å². The van der Waals surface area contributed by atoms with E-state index in [0.29, 0.717) is 0 Å². The van der Waals surface area contributed by atoms with Gasteiger partial charge in [0.15, 0.2) is 0 Å². The Morgan fingerprint density at radius 3 is 1.55 bits per heavy atom. The second kappa shape index (κ2) is 4.09. The number of benzene rings is 2. The first-order chi connectivity index (χ1) is 10.4. The molecule has 2 aromatic rings. The number of nitrogens with one attached hydrogen (secondary N) is 2. The molecule has 2 aliphatic heterocycles. The van der Waals surface area contributed by atoms with Crippen LogP contribution in [0.5, 0.6) is 11.5 Å². The summed E-state index contributed by atoms with van der Waals surface area (Å²) in [6.45, 7) is 8.16. The van der Waals surface area contributed by atoms with Crippen LogP contribution in [-0.4, -0.2) is 11.4 Å². The van der Waals surface area contributed by atoms with E-state index >= 15 is 0 Å². The molecule has 4 rings (SSSR count). The Labute approximate surface area is 130 Å². The predicted octanol–water partition coefficient (Wildman–Crippen LogP) is 4.04. The number of ether oxygens (including phenoxy) is 2. The summed E-state index contributed by atoms with van der Waals surface area (Å²) in [4.78, 5) is 0. The second-order valence-corrected chi connectivity index (χ2v) is 6.52. The fourth-order valence-electron chi connectivity index (χ4n) is 3.10. The zero-order chi connectivity index (χ0) is 15.5. The molecule has 0 saturated heterocycles. The summed E-state index contributed by atoms with van der Waals surface area (Å²) in [6, 6.07) is 12.3. The van der Waals surface area contributed by atoms with Crippen LogP contribution in [0.4, 0.5) is 11.4 Å². The Morgan fingerprint density at radius 1 is 0.727 bits per heavy atom. The van der Waals surface area contributed by atoms with Gasteiger partial charge in [0.25, 0.3) is 0 Å². The number of aryl methyl sites for hydroxylation is 2. The third kappa shape index (κ3) is 1.76. The molecule has 0 aromatic heterocycles. The third-order valence-corrected chi connectivity index (χ3v) is 4.56. The molecule has 2 N–H and O–H groups in total. The van der Waals surface area contributed by atoms with Gasteiger partial charge in [-0.3, -0.25) is 0 Å². The molecule has 114 valence electrons. The lowest BCUT2D eigenvalue weighted by molar-refractivity contribution is -0.0413. The van der Waals surface area contributed by atoms with Gasteiger partial charge in [0, 0.05) is 13.8 Å². The monoisotopic (exact) mass is 296 g/mol. The van der Waals surface area contributed by atoms with E-state index in [1.165, 1.54) is 11.1 Å². The normalized spacial score (nSPS) is 28.0. The van der Waals surface area contributed by atoms with Crippen molar-refractivity contribution in [3.8, 4) is 11.5 Å². The lowest BCUT2D eigenvalue weighted by Crippen LogP contribution is -2.63. The molecular weight excluding hydrogens is 276 g/mol. The van der Waals surface area contributed by atoms with Crippen LogP contribution in [-0.2, 0) is 0 Å². The van der Waals surface area contributed by atoms with Crippen LogP contribution in [0.15, 0.2) is 36.4 Å². The van der Waals surface area contributed by atoms with E-state index in [9.17, 15) is 0 Å². The summed E-state index contributed by atoms with van der Waals surface area (Å²) in [5.74, 6) is 1.71. The first-order valence-electron chi connectivity index (χ1n) is 7.54. The molecule has 0 saturated carbocycles. The topological polar surface area (TPSA) is 42.5 Å². The van der Waals surface area contributed by atoms with Gasteiger partial charge in [-0.05, 0) is 49.2 Å². The van der Waals surface area contributed by atoms with Crippen molar-refractivity contribution < 1.29 is 9.47 Å². The molecule has 0 fully saturated rings. The maximum absolute atomic E-state index is 6.20. The number of rotatable bonds is 1. The van der Waals surface area contributed by atoms with Crippen molar-refractivity contribution in [2.24, 2.45) is 0 Å². The maximum Gasteiger partial charge on any atom is 0.236 e. The number of fused-ring (bicyclic) bond motifs is 2. The molecule has 0 unspecified atom stereocenters. The highest BCUT2D eigenvalue weighted by Crippen LogP contribution is 2.47. The number of hydrogen-bond acceptors (Lipinski definition) is 4. The summed E-state index contributed by atoms with van der Waals surface area (Å²) in [5.41, 5.74) is 3.00. The van der Waals surface area contributed by atoms with Gasteiger partial charge in [-0.15, -0.1) is 0 Å². The van der Waals surface area contributed by atoms with Gasteiger partial charge in [0.05, 0.1) is 11.4 Å². The highest BCUT2D eigenvalue weighted by molar-refractivity contribution is 5.67. The molecule has 0 bridgehead atoms. The number of hydrogen-bond donors (Lipinski definition) is 2. The van der Waals surface area contributed by atoms with Crippen LogP contribution in [0.2, 0.25) is 0 Å². The summed E-state index contributed by atoms with van der Waals surface area (Å²) < 4.78 is 12.4. The van der Waals surface area contributed by atoms with E-state index in [1.54, 1.807) is 0 Å². The van der Waals surface area contributed by atoms with Crippen molar-refractivity contribution in [2.45, 2.75) is 39.1 Å². The molecule has 2 atom stereocenters. The summed E-state index contributed by atoms with van der Waals surface area (Å²) >= 11 is 0. The van der Waals surface area contributed by atoms with Crippen LogP contribution in [0.1, 0.15) is 25.0 Å². The van der Waals surface area contributed by atoms with E-state index < -0.39 is 11.4 Å². The Bertz CT molecular complexity index is 708. The van der Waals surface area contributed by atoms with Gasteiger partial charge in [-0.25, -0.2) is 0 Å². The van der Waals surface area contributed by atoms with Gasteiger partial charge >= 0.3 is 0 Å². The predicted molar refractivity (Wildman–Crippen MR) is 87.7 cm³/mol. The Balaban J connectivity index is 1.69.